The van der Waals surface area contributed by atoms with Gasteiger partial charge in [-0.25, -0.2) is 0 Å². The van der Waals surface area contributed by atoms with Gasteiger partial charge in [-0.05, 0) is 71.6 Å². The maximum Gasteiger partial charge on any atom is 0.325 e. The van der Waals surface area contributed by atoms with Crippen LogP contribution in [-0.4, -0.2) is 68.2 Å². The maximum absolute atomic E-state index is 11.9. The van der Waals surface area contributed by atoms with Crippen molar-refractivity contribution in [1.29, 1.82) is 0 Å². The second-order valence-corrected chi connectivity index (χ2v) is 7.14. The zero-order valence-electron chi connectivity index (χ0n) is 13.8. The van der Waals surface area contributed by atoms with Crippen molar-refractivity contribution in [3.05, 3.63) is 0 Å². The summed E-state index contributed by atoms with van der Waals surface area (Å²) in [5.41, 5.74) is 5.53. The fourth-order valence-corrected chi connectivity index (χ4v) is 4.00. The SMILES string of the molecule is COC(=O)C1(N)CCCC(N2CCC(CN(C)C)CC2)C1. The van der Waals surface area contributed by atoms with E-state index in [9.17, 15) is 4.79 Å². The molecule has 1 saturated carbocycles. The lowest BCUT2D eigenvalue weighted by Gasteiger charge is -2.44. The normalized spacial score (nSPS) is 32.3. The Morgan fingerprint density at radius 3 is 2.57 bits per heavy atom. The van der Waals surface area contributed by atoms with E-state index in [4.69, 9.17) is 10.5 Å². The van der Waals surface area contributed by atoms with Gasteiger partial charge in [0, 0.05) is 12.6 Å². The Kier molecular flexibility index (Phi) is 5.63. The van der Waals surface area contributed by atoms with Gasteiger partial charge in [-0.2, -0.15) is 0 Å². The molecule has 2 aliphatic rings. The number of carbonyl (C=O) groups excluding carboxylic acids is 1. The number of nitrogens with zero attached hydrogens (tertiary/aromatic N) is 2. The second kappa shape index (κ2) is 7.07. The molecular weight excluding hydrogens is 266 g/mol. The molecule has 5 nitrogen and oxygen atoms in total. The smallest absolute Gasteiger partial charge is 0.325 e. The molecule has 2 rings (SSSR count). The van der Waals surface area contributed by atoms with Gasteiger partial charge in [0.15, 0.2) is 0 Å². The number of methoxy groups -OCH3 is 1. The second-order valence-electron chi connectivity index (χ2n) is 7.14. The van der Waals surface area contributed by atoms with E-state index in [0.29, 0.717) is 6.04 Å². The number of likely N-dealkylation sites (tertiary alicyclic amines) is 1. The molecule has 2 N–H and O–H groups in total. The van der Waals surface area contributed by atoms with E-state index in [-0.39, 0.29) is 5.97 Å². The molecule has 21 heavy (non-hydrogen) atoms. The molecule has 1 aliphatic carbocycles. The van der Waals surface area contributed by atoms with Gasteiger partial charge in [-0.15, -0.1) is 0 Å². The van der Waals surface area contributed by atoms with Gasteiger partial charge < -0.3 is 20.3 Å². The molecule has 5 heteroatoms. The molecule has 0 spiro atoms. The Bertz CT molecular complexity index is 353. The molecule has 1 heterocycles. The van der Waals surface area contributed by atoms with Crippen LogP contribution in [0, 0.1) is 5.92 Å². The third-order valence-corrected chi connectivity index (χ3v) is 5.14. The number of rotatable bonds is 4. The lowest BCUT2D eigenvalue weighted by Crippen LogP contribution is -2.57. The number of piperidine rings is 1. The first-order chi connectivity index (χ1) is 9.94. The van der Waals surface area contributed by atoms with E-state index in [1.165, 1.54) is 26.5 Å². The number of hydrogen-bond donors (Lipinski definition) is 1. The van der Waals surface area contributed by atoms with Crippen molar-refractivity contribution in [3.8, 4) is 0 Å². The van der Waals surface area contributed by atoms with E-state index in [1.54, 1.807) is 0 Å². The Hall–Kier alpha value is -0.650. The molecule has 2 atom stereocenters. The predicted molar refractivity (Wildman–Crippen MR) is 84.0 cm³/mol. The summed E-state index contributed by atoms with van der Waals surface area (Å²) in [4.78, 5) is 16.8. The summed E-state index contributed by atoms with van der Waals surface area (Å²) in [5, 5.41) is 0. The minimum Gasteiger partial charge on any atom is -0.468 e. The van der Waals surface area contributed by atoms with Gasteiger partial charge in [-0.3, -0.25) is 4.79 Å². The maximum atomic E-state index is 11.9. The van der Waals surface area contributed by atoms with Crippen molar-refractivity contribution in [3.63, 3.8) is 0 Å². The van der Waals surface area contributed by atoms with Crippen LogP contribution in [0.2, 0.25) is 0 Å². The van der Waals surface area contributed by atoms with Crippen molar-refractivity contribution in [2.75, 3.05) is 40.8 Å². The first-order valence-electron chi connectivity index (χ1n) is 8.20. The fraction of sp³-hybridized carbons (Fsp3) is 0.938. The summed E-state index contributed by atoms with van der Waals surface area (Å²) >= 11 is 0. The summed E-state index contributed by atoms with van der Waals surface area (Å²) in [6, 6.07) is 0.447. The highest BCUT2D eigenvalue weighted by molar-refractivity contribution is 5.80. The zero-order chi connectivity index (χ0) is 15.5. The van der Waals surface area contributed by atoms with Crippen LogP contribution in [0.25, 0.3) is 0 Å². The molecule has 0 aromatic carbocycles. The highest BCUT2D eigenvalue weighted by Gasteiger charge is 2.42. The van der Waals surface area contributed by atoms with E-state index in [1.807, 2.05) is 0 Å². The third kappa shape index (κ3) is 4.18. The van der Waals surface area contributed by atoms with Crippen molar-refractivity contribution in [1.82, 2.24) is 9.80 Å². The van der Waals surface area contributed by atoms with E-state index >= 15 is 0 Å². The Labute approximate surface area is 128 Å². The number of hydrogen-bond acceptors (Lipinski definition) is 5. The van der Waals surface area contributed by atoms with Gasteiger partial charge in [0.1, 0.15) is 5.54 Å². The van der Waals surface area contributed by atoms with Gasteiger partial charge in [0.25, 0.3) is 0 Å². The van der Waals surface area contributed by atoms with Crippen molar-refractivity contribution in [2.24, 2.45) is 11.7 Å². The summed E-state index contributed by atoms with van der Waals surface area (Å²) < 4.78 is 4.90. The van der Waals surface area contributed by atoms with Crippen LogP contribution >= 0.6 is 0 Å². The Balaban J connectivity index is 1.87. The van der Waals surface area contributed by atoms with Crippen LogP contribution in [0.3, 0.4) is 0 Å². The first kappa shape index (κ1) is 16.7. The molecule has 2 unspecified atom stereocenters. The average molecular weight is 297 g/mol. The van der Waals surface area contributed by atoms with Crippen LogP contribution in [0.1, 0.15) is 38.5 Å². The lowest BCUT2D eigenvalue weighted by molar-refractivity contribution is -0.149. The molecule has 0 aromatic heterocycles. The standard InChI is InChI=1S/C16H31N3O2/c1-18(2)12-13-6-9-19(10-7-13)14-5-4-8-16(17,11-14)15(20)21-3/h13-14H,4-12,17H2,1-3H3. The molecule has 122 valence electrons. The molecular formula is C16H31N3O2. The number of nitrogens with two attached hydrogens (primary N) is 1. The molecule has 0 aromatic rings. The topological polar surface area (TPSA) is 58.8 Å². The summed E-state index contributed by atoms with van der Waals surface area (Å²) in [6.45, 7) is 3.46. The number of ether oxygens (including phenoxy) is 1. The predicted octanol–water partition coefficient (Wildman–Crippen LogP) is 1.07. The average Bonchev–Trinajstić information content (AvgIpc) is 2.46. The molecule has 0 radical (unpaired) electrons. The van der Waals surface area contributed by atoms with Gasteiger partial charge in [-0.1, -0.05) is 0 Å². The largest absolute Gasteiger partial charge is 0.468 e. The van der Waals surface area contributed by atoms with Crippen LogP contribution in [0.15, 0.2) is 0 Å². The van der Waals surface area contributed by atoms with E-state index in [2.05, 4.69) is 23.9 Å². The highest BCUT2D eigenvalue weighted by atomic mass is 16.5. The number of carbonyl (C=O) groups is 1. The summed E-state index contributed by atoms with van der Waals surface area (Å²) in [5.74, 6) is 0.567. The summed E-state index contributed by atoms with van der Waals surface area (Å²) in [7, 11) is 5.73. The first-order valence-corrected chi connectivity index (χ1v) is 8.20. The molecule has 0 bridgehead atoms. The van der Waals surface area contributed by atoms with Crippen molar-refractivity contribution >= 4 is 5.97 Å². The fourth-order valence-electron chi connectivity index (χ4n) is 4.00. The quantitative estimate of drug-likeness (QED) is 0.787. The molecule has 1 saturated heterocycles. The highest BCUT2D eigenvalue weighted by Crippen LogP contribution is 2.32. The van der Waals surface area contributed by atoms with Gasteiger partial charge in [0.05, 0.1) is 7.11 Å². The van der Waals surface area contributed by atoms with Crippen LogP contribution in [-0.2, 0) is 9.53 Å². The van der Waals surface area contributed by atoms with E-state index < -0.39 is 5.54 Å². The minimum absolute atomic E-state index is 0.241. The summed E-state index contributed by atoms with van der Waals surface area (Å²) in [6.07, 6.45) is 6.20. The number of esters is 1. The van der Waals surface area contributed by atoms with Crippen LogP contribution < -0.4 is 5.73 Å². The Morgan fingerprint density at radius 1 is 1.33 bits per heavy atom. The van der Waals surface area contributed by atoms with Crippen LogP contribution in [0.4, 0.5) is 0 Å². The molecule has 0 amide bonds. The van der Waals surface area contributed by atoms with Crippen molar-refractivity contribution < 1.29 is 9.53 Å². The minimum atomic E-state index is -0.766. The Morgan fingerprint density at radius 2 is 2.00 bits per heavy atom. The lowest BCUT2D eigenvalue weighted by atomic mass is 9.78. The monoisotopic (exact) mass is 297 g/mol. The van der Waals surface area contributed by atoms with Gasteiger partial charge in [0.2, 0.25) is 0 Å². The molecule has 1 aliphatic heterocycles. The molecule has 2 fully saturated rings. The third-order valence-electron chi connectivity index (χ3n) is 5.14. The van der Waals surface area contributed by atoms with Gasteiger partial charge >= 0.3 is 5.97 Å². The van der Waals surface area contributed by atoms with Crippen molar-refractivity contribution in [2.45, 2.75) is 50.1 Å². The van der Waals surface area contributed by atoms with E-state index in [0.717, 1.165) is 44.7 Å². The zero-order valence-corrected chi connectivity index (χ0v) is 13.8. The van der Waals surface area contributed by atoms with Crippen LogP contribution in [0.5, 0.6) is 0 Å².